The van der Waals surface area contributed by atoms with E-state index >= 15 is 0 Å². The van der Waals surface area contributed by atoms with Crippen LogP contribution in [0.4, 0.5) is 0 Å². The first-order valence-electron chi connectivity index (χ1n) is 5.15. The van der Waals surface area contributed by atoms with Crippen molar-refractivity contribution in [2.75, 3.05) is 13.1 Å². The van der Waals surface area contributed by atoms with Gasteiger partial charge in [-0.2, -0.15) is 0 Å². The second-order valence-electron chi connectivity index (χ2n) is 4.82. The Hall–Kier alpha value is -0.570. The van der Waals surface area contributed by atoms with Crippen LogP contribution in [0.2, 0.25) is 0 Å². The van der Waals surface area contributed by atoms with Gasteiger partial charge < -0.3 is 10.6 Å². The molecule has 1 atom stereocenters. The van der Waals surface area contributed by atoms with Gasteiger partial charge in [0.05, 0.1) is 6.04 Å². The first kappa shape index (κ1) is 9.00. The molecule has 0 radical (unpaired) electrons. The standard InChI is InChI=1S/C10H18N2O/c1-10(4-2-5-10)7-12-6-3-8(11)9(12)13/h8H,2-7,11H2,1H3. The van der Waals surface area contributed by atoms with Gasteiger partial charge in [-0.1, -0.05) is 13.3 Å². The Kier molecular flexibility index (Phi) is 2.06. The summed E-state index contributed by atoms with van der Waals surface area (Å²) >= 11 is 0. The molecule has 0 aromatic carbocycles. The van der Waals surface area contributed by atoms with Gasteiger partial charge in [0.25, 0.3) is 0 Å². The van der Waals surface area contributed by atoms with Crippen molar-refractivity contribution < 1.29 is 4.79 Å². The Morgan fingerprint density at radius 1 is 1.62 bits per heavy atom. The quantitative estimate of drug-likeness (QED) is 0.684. The summed E-state index contributed by atoms with van der Waals surface area (Å²) < 4.78 is 0. The molecule has 2 rings (SSSR count). The largest absolute Gasteiger partial charge is 0.341 e. The lowest BCUT2D eigenvalue weighted by molar-refractivity contribution is -0.130. The lowest BCUT2D eigenvalue weighted by Gasteiger charge is -2.41. The SMILES string of the molecule is CC1(CN2CCC(N)C2=O)CCC1. The normalized spacial score (nSPS) is 32.0. The maximum Gasteiger partial charge on any atom is 0.239 e. The molecule has 1 saturated carbocycles. The molecule has 1 saturated heterocycles. The molecule has 0 spiro atoms. The van der Waals surface area contributed by atoms with Crippen molar-refractivity contribution in [3.63, 3.8) is 0 Å². The lowest BCUT2D eigenvalue weighted by Crippen LogP contribution is -2.43. The number of hydrogen-bond acceptors (Lipinski definition) is 2. The number of nitrogens with zero attached hydrogens (tertiary/aromatic N) is 1. The molecule has 0 bridgehead atoms. The van der Waals surface area contributed by atoms with Crippen LogP contribution in [0.1, 0.15) is 32.6 Å². The van der Waals surface area contributed by atoms with Gasteiger partial charge in [-0.25, -0.2) is 0 Å². The van der Waals surface area contributed by atoms with Gasteiger partial charge in [-0.3, -0.25) is 4.79 Å². The van der Waals surface area contributed by atoms with E-state index in [1.807, 2.05) is 4.90 Å². The van der Waals surface area contributed by atoms with E-state index in [4.69, 9.17) is 5.73 Å². The van der Waals surface area contributed by atoms with Crippen LogP contribution in [0, 0.1) is 5.41 Å². The maximum absolute atomic E-state index is 11.5. The van der Waals surface area contributed by atoms with Crippen LogP contribution in [0.25, 0.3) is 0 Å². The van der Waals surface area contributed by atoms with Crippen LogP contribution in [0.5, 0.6) is 0 Å². The Morgan fingerprint density at radius 2 is 2.31 bits per heavy atom. The number of amides is 1. The number of carbonyl (C=O) groups excluding carboxylic acids is 1. The summed E-state index contributed by atoms with van der Waals surface area (Å²) in [4.78, 5) is 13.5. The Labute approximate surface area is 79.3 Å². The fraction of sp³-hybridized carbons (Fsp3) is 0.900. The molecule has 1 heterocycles. The summed E-state index contributed by atoms with van der Waals surface area (Å²) in [6, 6.07) is -0.219. The molecule has 0 aromatic heterocycles. The summed E-state index contributed by atoms with van der Waals surface area (Å²) in [5.74, 6) is 0.160. The van der Waals surface area contributed by atoms with Gasteiger partial charge in [-0.15, -0.1) is 0 Å². The molecule has 3 nitrogen and oxygen atoms in total. The van der Waals surface area contributed by atoms with Gasteiger partial charge in [0.15, 0.2) is 0 Å². The average Bonchev–Trinajstić information content (AvgIpc) is 2.33. The van der Waals surface area contributed by atoms with E-state index in [0.717, 1.165) is 19.5 Å². The van der Waals surface area contributed by atoms with Gasteiger partial charge in [0.1, 0.15) is 0 Å². The zero-order valence-corrected chi connectivity index (χ0v) is 8.25. The summed E-state index contributed by atoms with van der Waals surface area (Å²) in [7, 11) is 0. The first-order chi connectivity index (χ1) is 6.11. The number of rotatable bonds is 2. The summed E-state index contributed by atoms with van der Waals surface area (Å²) in [5, 5.41) is 0. The van der Waals surface area contributed by atoms with Crippen molar-refractivity contribution >= 4 is 5.91 Å². The van der Waals surface area contributed by atoms with E-state index in [1.54, 1.807) is 0 Å². The molecule has 74 valence electrons. The van der Waals surface area contributed by atoms with Crippen LogP contribution < -0.4 is 5.73 Å². The van der Waals surface area contributed by atoms with Gasteiger partial charge >= 0.3 is 0 Å². The maximum atomic E-state index is 11.5. The van der Waals surface area contributed by atoms with Crippen molar-refractivity contribution in [1.29, 1.82) is 0 Å². The highest BCUT2D eigenvalue weighted by Gasteiger charge is 2.38. The summed E-state index contributed by atoms with van der Waals surface area (Å²) in [6.07, 6.45) is 4.71. The zero-order valence-electron chi connectivity index (χ0n) is 8.25. The van der Waals surface area contributed by atoms with Crippen molar-refractivity contribution in [2.24, 2.45) is 11.1 Å². The Morgan fingerprint density at radius 3 is 2.69 bits per heavy atom. The predicted molar refractivity (Wildman–Crippen MR) is 51.1 cm³/mol. The van der Waals surface area contributed by atoms with E-state index in [-0.39, 0.29) is 11.9 Å². The molecule has 13 heavy (non-hydrogen) atoms. The van der Waals surface area contributed by atoms with Gasteiger partial charge in [0.2, 0.25) is 5.91 Å². The number of hydrogen-bond donors (Lipinski definition) is 1. The summed E-state index contributed by atoms with van der Waals surface area (Å²) in [5.41, 5.74) is 6.06. The monoisotopic (exact) mass is 182 g/mol. The minimum absolute atomic E-state index is 0.160. The van der Waals surface area contributed by atoms with E-state index in [0.29, 0.717) is 5.41 Å². The van der Waals surface area contributed by atoms with Crippen LogP contribution in [-0.2, 0) is 4.79 Å². The number of carbonyl (C=O) groups is 1. The molecule has 2 aliphatic rings. The molecule has 1 unspecified atom stereocenters. The molecule has 1 amide bonds. The third kappa shape index (κ3) is 1.57. The van der Waals surface area contributed by atoms with Gasteiger partial charge in [-0.05, 0) is 24.7 Å². The fourth-order valence-electron chi connectivity index (χ4n) is 2.32. The van der Waals surface area contributed by atoms with Crippen LogP contribution >= 0.6 is 0 Å². The summed E-state index contributed by atoms with van der Waals surface area (Å²) in [6.45, 7) is 4.07. The second-order valence-corrected chi connectivity index (χ2v) is 4.82. The third-order valence-electron chi connectivity index (χ3n) is 3.47. The molecule has 1 aliphatic carbocycles. The average molecular weight is 182 g/mol. The molecule has 1 aliphatic heterocycles. The van der Waals surface area contributed by atoms with Crippen LogP contribution in [0.15, 0.2) is 0 Å². The minimum atomic E-state index is -0.219. The minimum Gasteiger partial charge on any atom is -0.341 e. The molecule has 2 fully saturated rings. The number of nitrogens with two attached hydrogens (primary N) is 1. The van der Waals surface area contributed by atoms with Crippen molar-refractivity contribution in [3.05, 3.63) is 0 Å². The Bertz CT molecular complexity index is 223. The first-order valence-corrected chi connectivity index (χ1v) is 5.15. The molecule has 3 heteroatoms. The molecule has 2 N–H and O–H groups in total. The third-order valence-corrected chi connectivity index (χ3v) is 3.47. The van der Waals surface area contributed by atoms with E-state index in [9.17, 15) is 4.79 Å². The van der Waals surface area contributed by atoms with Crippen molar-refractivity contribution in [1.82, 2.24) is 4.90 Å². The van der Waals surface area contributed by atoms with E-state index < -0.39 is 0 Å². The smallest absolute Gasteiger partial charge is 0.239 e. The topological polar surface area (TPSA) is 46.3 Å². The highest BCUT2D eigenvalue weighted by Crippen LogP contribution is 2.41. The van der Waals surface area contributed by atoms with E-state index in [2.05, 4.69) is 6.92 Å². The Balaban J connectivity index is 1.92. The molecular weight excluding hydrogens is 164 g/mol. The zero-order chi connectivity index (χ0) is 9.47. The van der Waals surface area contributed by atoms with Crippen LogP contribution in [0.3, 0.4) is 0 Å². The van der Waals surface area contributed by atoms with Crippen LogP contribution in [-0.4, -0.2) is 29.9 Å². The second kappa shape index (κ2) is 2.98. The van der Waals surface area contributed by atoms with Crippen molar-refractivity contribution in [3.8, 4) is 0 Å². The lowest BCUT2D eigenvalue weighted by atomic mass is 9.70. The molecular formula is C10H18N2O. The highest BCUT2D eigenvalue weighted by molar-refractivity contribution is 5.83. The fourth-order valence-corrected chi connectivity index (χ4v) is 2.32. The predicted octanol–water partition coefficient (Wildman–Crippen LogP) is 0.736. The highest BCUT2D eigenvalue weighted by atomic mass is 16.2. The number of likely N-dealkylation sites (tertiary alicyclic amines) is 1. The van der Waals surface area contributed by atoms with Crippen molar-refractivity contribution in [2.45, 2.75) is 38.6 Å². The van der Waals surface area contributed by atoms with E-state index in [1.165, 1.54) is 19.3 Å². The molecule has 0 aromatic rings. The van der Waals surface area contributed by atoms with Gasteiger partial charge in [0, 0.05) is 13.1 Å².